The molecule has 0 aromatic rings. The minimum atomic E-state index is -0.0485. The summed E-state index contributed by atoms with van der Waals surface area (Å²) in [6.07, 6.45) is 5.14. The van der Waals surface area contributed by atoms with Crippen LogP contribution in [0.1, 0.15) is 46.5 Å². The fraction of sp³-hybridized carbons (Fsp3) is 0.933. The summed E-state index contributed by atoms with van der Waals surface area (Å²) in [4.78, 5) is 11.9. The van der Waals surface area contributed by atoms with Crippen LogP contribution in [0.5, 0.6) is 0 Å². The van der Waals surface area contributed by atoms with E-state index in [2.05, 4.69) is 13.8 Å². The Morgan fingerprint density at radius 1 is 1.22 bits per heavy atom. The van der Waals surface area contributed by atoms with Crippen LogP contribution < -0.4 is 0 Å². The van der Waals surface area contributed by atoms with Crippen LogP contribution in [0.2, 0.25) is 0 Å². The van der Waals surface area contributed by atoms with Crippen LogP contribution in [0.4, 0.5) is 0 Å². The number of fused-ring (bicyclic) bond motifs is 7. The van der Waals surface area contributed by atoms with E-state index >= 15 is 0 Å². The second-order valence-corrected chi connectivity index (χ2v) is 7.33. The Hall–Kier alpha value is -0.570. The first-order valence-electron chi connectivity index (χ1n) is 7.34. The van der Waals surface area contributed by atoms with Gasteiger partial charge in [0.2, 0.25) is 0 Å². The molecule has 0 N–H and O–H groups in total. The summed E-state index contributed by atoms with van der Waals surface area (Å²) in [5, 5.41) is 0. The summed E-state index contributed by atoms with van der Waals surface area (Å²) in [6, 6.07) is 0. The fourth-order valence-electron chi connectivity index (χ4n) is 5.49. The predicted molar refractivity (Wildman–Crippen MR) is 65.9 cm³/mol. The van der Waals surface area contributed by atoms with E-state index in [-0.39, 0.29) is 29.0 Å². The topological polar surface area (TPSA) is 35.5 Å². The third-order valence-electron chi connectivity index (χ3n) is 6.45. The Labute approximate surface area is 108 Å². The zero-order valence-electron chi connectivity index (χ0n) is 11.4. The van der Waals surface area contributed by atoms with Crippen molar-refractivity contribution in [2.45, 2.75) is 64.3 Å². The Morgan fingerprint density at radius 3 is 2.78 bits per heavy atom. The highest BCUT2D eigenvalue weighted by Gasteiger charge is 2.70. The van der Waals surface area contributed by atoms with Crippen LogP contribution in [0.3, 0.4) is 0 Å². The molecule has 0 aromatic carbocycles. The van der Waals surface area contributed by atoms with Gasteiger partial charge in [0.05, 0.1) is 17.6 Å². The summed E-state index contributed by atoms with van der Waals surface area (Å²) in [6.45, 7) is 6.63. The van der Waals surface area contributed by atoms with Gasteiger partial charge in [0.1, 0.15) is 6.10 Å². The van der Waals surface area contributed by atoms with Crippen molar-refractivity contribution in [1.29, 1.82) is 0 Å². The van der Waals surface area contributed by atoms with E-state index in [1.165, 1.54) is 12.8 Å². The largest absolute Gasteiger partial charge is 0.461 e. The van der Waals surface area contributed by atoms with Gasteiger partial charge < -0.3 is 9.47 Å². The number of carbonyl (C=O) groups excluding carboxylic acids is 1. The van der Waals surface area contributed by atoms with E-state index in [0.717, 1.165) is 12.8 Å². The predicted octanol–water partition coefficient (Wildman–Crippen LogP) is 2.53. The van der Waals surface area contributed by atoms with Gasteiger partial charge in [-0.05, 0) is 32.6 Å². The molecule has 1 aliphatic carbocycles. The minimum absolute atomic E-state index is 0.0145. The first-order chi connectivity index (χ1) is 8.46. The number of esters is 1. The second kappa shape index (κ2) is 3.12. The van der Waals surface area contributed by atoms with Gasteiger partial charge in [-0.15, -0.1) is 0 Å². The minimum Gasteiger partial charge on any atom is -0.461 e. The molecule has 0 radical (unpaired) electrons. The van der Waals surface area contributed by atoms with Crippen molar-refractivity contribution in [2.24, 2.45) is 23.2 Å². The van der Waals surface area contributed by atoms with Gasteiger partial charge in [-0.3, -0.25) is 4.79 Å². The molecule has 3 aliphatic heterocycles. The normalized spacial score (nSPS) is 61.5. The fourth-order valence-corrected chi connectivity index (χ4v) is 5.49. The van der Waals surface area contributed by atoms with Crippen LogP contribution in [0.25, 0.3) is 0 Å². The molecule has 0 spiro atoms. The molecule has 7 unspecified atom stereocenters. The van der Waals surface area contributed by atoms with Crippen LogP contribution in [-0.2, 0) is 14.3 Å². The lowest BCUT2D eigenvalue weighted by Crippen LogP contribution is -2.53. The molecule has 1 saturated carbocycles. The average molecular weight is 250 g/mol. The van der Waals surface area contributed by atoms with Crippen molar-refractivity contribution in [3.05, 3.63) is 0 Å². The van der Waals surface area contributed by atoms with Crippen molar-refractivity contribution < 1.29 is 14.3 Å². The molecule has 4 rings (SSSR count). The van der Waals surface area contributed by atoms with Gasteiger partial charge >= 0.3 is 5.97 Å². The summed E-state index contributed by atoms with van der Waals surface area (Å²) in [5.74, 6) is 0.939. The summed E-state index contributed by atoms with van der Waals surface area (Å²) >= 11 is 0. The molecule has 0 amide bonds. The molecule has 3 heterocycles. The highest BCUT2D eigenvalue weighted by atomic mass is 16.6. The standard InChI is InChI=1S/C15H22O3/c1-8-9-4-6-14(2)10-5-7-15(3,18-10)12(14)11(9)17-13(8)16/h8-12H,4-7H2,1-3H3. The Kier molecular flexibility index (Phi) is 1.95. The molecule has 0 aromatic heterocycles. The Balaban J connectivity index is 1.77. The van der Waals surface area contributed by atoms with Crippen molar-refractivity contribution in [1.82, 2.24) is 0 Å². The van der Waals surface area contributed by atoms with Crippen LogP contribution in [0.15, 0.2) is 0 Å². The summed E-state index contributed by atoms with van der Waals surface area (Å²) in [5.41, 5.74) is 0.186. The molecule has 4 aliphatic rings. The number of hydrogen-bond donors (Lipinski definition) is 0. The lowest BCUT2D eigenvalue weighted by atomic mass is 9.53. The smallest absolute Gasteiger partial charge is 0.309 e. The van der Waals surface area contributed by atoms with Crippen molar-refractivity contribution in [3.63, 3.8) is 0 Å². The van der Waals surface area contributed by atoms with Gasteiger partial charge in [0.15, 0.2) is 0 Å². The van der Waals surface area contributed by atoms with Gasteiger partial charge in [-0.2, -0.15) is 0 Å². The van der Waals surface area contributed by atoms with Crippen LogP contribution in [0, 0.1) is 23.2 Å². The molecule has 4 fully saturated rings. The van der Waals surface area contributed by atoms with Gasteiger partial charge in [0, 0.05) is 17.3 Å². The van der Waals surface area contributed by atoms with E-state index in [4.69, 9.17) is 9.47 Å². The maximum atomic E-state index is 11.9. The number of rotatable bonds is 0. The second-order valence-electron chi connectivity index (χ2n) is 7.33. The first kappa shape index (κ1) is 11.3. The van der Waals surface area contributed by atoms with E-state index in [1.54, 1.807) is 0 Å². The molecule has 3 heteroatoms. The van der Waals surface area contributed by atoms with Crippen molar-refractivity contribution >= 4 is 5.97 Å². The molecule has 100 valence electrons. The lowest BCUT2D eigenvalue weighted by Gasteiger charge is -2.49. The van der Waals surface area contributed by atoms with Crippen LogP contribution >= 0.6 is 0 Å². The zero-order chi connectivity index (χ0) is 12.7. The Bertz CT molecular complexity index is 420. The maximum absolute atomic E-state index is 11.9. The molecule has 3 saturated heterocycles. The summed E-state index contributed by atoms with van der Waals surface area (Å²) in [7, 11) is 0. The van der Waals surface area contributed by atoms with E-state index in [1.807, 2.05) is 6.92 Å². The van der Waals surface area contributed by atoms with Gasteiger partial charge in [-0.25, -0.2) is 0 Å². The molecular weight excluding hydrogens is 228 g/mol. The zero-order valence-corrected chi connectivity index (χ0v) is 11.4. The quantitative estimate of drug-likeness (QED) is 0.620. The number of hydrogen-bond acceptors (Lipinski definition) is 3. The van der Waals surface area contributed by atoms with E-state index in [9.17, 15) is 4.79 Å². The monoisotopic (exact) mass is 250 g/mol. The third-order valence-corrected chi connectivity index (χ3v) is 6.45. The molecule has 3 nitrogen and oxygen atoms in total. The van der Waals surface area contributed by atoms with E-state index < -0.39 is 0 Å². The molecule has 18 heavy (non-hydrogen) atoms. The van der Waals surface area contributed by atoms with Crippen LogP contribution in [-0.4, -0.2) is 23.8 Å². The highest BCUT2D eigenvalue weighted by Crippen LogP contribution is 2.66. The van der Waals surface area contributed by atoms with Gasteiger partial charge in [-0.1, -0.05) is 13.8 Å². The molecule has 2 bridgehead atoms. The SMILES string of the molecule is CC1C(=O)OC2C1CCC1(C)C3CCC(C)(O3)C21. The highest BCUT2D eigenvalue weighted by molar-refractivity contribution is 5.75. The average Bonchev–Trinajstić information content (AvgIpc) is 2.89. The number of ether oxygens (including phenoxy) is 2. The third kappa shape index (κ3) is 1.08. The first-order valence-corrected chi connectivity index (χ1v) is 7.34. The lowest BCUT2D eigenvalue weighted by molar-refractivity contribution is -0.151. The Morgan fingerprint density at radius 2 is 2.00 bits per heavy atom. The summed E-state index contributed by atoms with van der Waals surface area (Å²) < 4.78 is 12.1. The molecule has 7 atom stereocenters. The maximum Gasteiger partial charge on any atom is 0.309 e. The van der Waals surface area contributed by atoms with Crippen molar-refractivity contribution in [2.75, 3.05) is 0 Å². The van der Waals surface area contributed by atoms with Gasteiger partial charge in [0.25, 0.3) is 0 Å². The number of carbonyl (C=O) groups is 1. The van der Waals surface area contributed by atoms with E-state index in [0.29, 0.717) is 17.9 Å². The van der Waals surface area contributed by atoms with Crippen molar-refractivity contribution in [3.8, 4) is 0 Å². The molecular formula is C15H22O3.